The average molecular weight is 180 g/mol. The molecule has 0 radical (unpaired) electrons. The van der Waals surface area contributed by atoms with Gasteiger partial charge in [0, 0.05) is 17.9 Å². The van der Waals surface area contributed by atoms with Crippen LogP contribution in [0, 0.1) is 0 Å². The largest absolute Gasteiger partial charge is 0.465 e. The van der Waals surface area contributed by atoms with E-state index in [0.29, 0.717) is 5.69 Å². The van der Waals surface area contributed by atoms with Crippen molar-refractivity contribution in [1.82, 2.24) is 0 Å². The third-order valence-electron chi connectivity index (χ3n) is 1.52. The summed E-state index contributed by atoms with van der Waals surface area (Å²) >= 11 is 0. The molecular weight excluding hydrogens is 168 g/mol. The highest BCUT2D eigenvalue weighted by Gasteiger charge is 1.96. The molecule has 0 atom stereocenters. The van der Waals surface area contributed by atoms with Gasteiger partial charge in [-0.05, 0) is 31.2 Å². The molecule has 0 aliphatic rings. The van der Waals surface area contributed by atoms with E-state index in [0.717, 1.165) is 12.2 Å². The van der Waals surface area contributed by atoms with Crippen molar-refractivity contribution in [3.63, 3.8) is 0 Å². The molecule has 0 bridgehead atoms. The predicted octanol–water partition coefficient (Wildman–Crippen LogP) is 2.21. The molecule has 1 rings (SSSR count). The van der Waals surface area contributed by atoms with Crippen molar-refractivity contribution in [2.75, 3.05) is 17.2 Å². The van der Waals surface area contributed by atoms with E-state index in [-0.39, 0.29) is 0 Å². The van der Waals surface area contributed by atoms with E-state index in [2.05, 4.69) is 10.6 Å². The molecule has 70 valence electrons. The maximum Gasteiger partial charge on any atom is 0.409 e. The summed E-state index contributed by atoms with van der Waals surface area (Å²) in [6, 6.07) is 7.09. The summed E-state index contributed by atoms with van der Waals surface area (Å²) in [6.45, 7) is 2.86. The molecule has 0 saturated carbocycles. The van der Waals surface area contributed by atoms with Crippen molar-refractivity contribution in [2.24, 2.45) is 0 Å². The Morgan fingerprint density at radius 1 is 1.31 bits per heavy atom. The minimum Gasteiger partial charge on any atom is -0.465 e. The lowest BCUT2D eigenvalue weighted by Crippen LogP contribution is -2.07. The van der Waals surface area contributed by atoms with E-state index in [9.17, 15) is 4.79 Å². The number of rotatable bonds is 3. The molecule has 1 aromatic rings. The Hall–Kier alpha value is -1.71. The van der Waals surface area contributed by atoms with Crippen molar-refractivity contribution < 1.29 is 9.90 Å². The number of benzene rings is 1. The summed E-state index contributed by atoms with van der Waals surface area (Å²) in [6.07, 6.45) is -1.05. The van der Waals surface area contributed by atoms with Crippen LogP contribution < -0.4 is 10.6 Å². The summed E-state index contributed by atoms with van der Waals surface area (Å²) < 4.78 is 0. The van der Waals surface area contributed by atoms with Crippen LogP contribution in [0.4, 0.5) is 16.2 Å². The Kier molecular flexibility index (Phi) is 3.14. The van der Waals surface area contributed by atoms with Gasteiger partial charge in [-0.2, -0.15) is 0 Å². The van der Waals surface area contributed by atoms with Crippen LogP contribution in [0.2, 0.25) is 0 Å². The molecule has 1 amide bonds. The topological polar surface area (TPSA) is 61.4 Å². The van der Waals surface area contributed by atoms with Gasteiger partial charge in [0.2, 0.25) is 0 Å². The lowest BCUT2D eigenvalue weighted by Gasteiger charge is -2.04. The Labute approximate surface area is 76.6 Å². The average Bonchev–Trinajstić information content (AvgIpc) is 2.08. The first kappa shape index (κ1) is 9.38. The first-order chi connectivity index (χ1) is 6.22. The summed E-state index contributed by atoms with van der Waals surface area (Å²) in [5, 5.41) is 13.8. The van der Waals surface area contributed by atoms with E-state index in [4.69, 9.17) is 5.11 Å². The lowest BCUT2D eigenvalue weighted by molar-refractivity contribution is 0.210. The second-order valence-corrected chi connectivity index (χ2v) is 2.54. The molecule has 0 heterocycles. The van der Waals surface area contributed by atoms with Crippen LogP contribution in [-0.2, 0) is 0 Å². The normalized spacial score (nSPS) is 9.31. The lowest BCUT2D eigenvalue weighted by atomic mass is 10.3. The fourth-order valence-electron chi connectivity index (χ4n) is 0.999. The predicted molar refractivity (Wildman–Crippen MR) is 52.3 cm³/mol. The number of amides is 1. The molecule has 3 N–H and O–H groups in total. The van der Waals surface area contributed by atoms with Crippen molar-refractivity contribution in [3.8, 4) is 0 Å². The third-order valence-corrected chi connectivity index (χ3v) is 1.52. The second kappa shape index (κ2) is 4.35. The summed E-state index contributed by atoms with van der Waals surface area (Å²) in [7, 11) is 0. The van der Waals surface area contributed by atoms with Crippen LogP contribution >= 0.6 is 0 Å². The fraction of sp³-hybridized carbons (Fsp3) is 0.222. The Morgan fingerprint density at radius 2 is 1.85 bits per heavy atom. The van der Waals surface area contributed by atoms with Crippen LogP contribution in [0.1, 0.15) is 6.92 Å². The van der Waals surface area contributed by atoms with Gasteiger partial charge in [-0.3, -0.25) is 5.32 Å². The SMILES string of the molecule is CCNc1ccc(NC(=O)O)cc1. The number of hydrogen-bond donors (Lipinski definition) is 3. The maximum atomic E-state index is 10.3. The molecule has 0 aliphatic heterocycles. The van der Waals surface area contributed by atoms with Gasteiger partial charge >= 0.3 is 6.09 Å². The highest BCUT2D eigenvalue weighted by molar-refractivity contribution is 5.83. The molecule has 0 unspecified atom stereocenters. The van der Waals surface area contributed by atoms with Crippen LogP contribution in [0.5, 0.6) is 0 Å². The maximum absolute atomic E-state index is 10.3. The van der Waals surface area contributed by atoms with Gasteiger partial charge in [0.25, 0.3) is 0 Å². The van der Waals surface area contributed by atoms with Crippen molar-refractivity contribution in [3.05, 3.63) is 24.3 Å². The van der Waals surface area contributed by atoms with Crippen molar-refractivity contribution in [2.45, 2.75) is 6.92 Å². The van der Waals surface area contributed by atoms with Crippen LogP contribution in [0.15, 0.2) is 24.3 Å². The smallest absolute Gasteiger partial charge is 0.409 e. The third kappa shape index (κ3) is 3.02. The molecular formula is C9H12N2O2. The van der Waals surface area contributed by atoms with Gasteiger partial charge in [0.1, 0.15) is 0 Å². The zero-order valence-corrected chi connectivity index (χ0v) is 7.37. The number of carboxylic acid groups (broad SMARTS) is 1. The first-order valence-electron chi connectivity index (χ1n) is 4.06. The first-order valence-corrected chi connectivity index (χ1v) is 4.06. The number of nitrogens with one attached hydrogen (secondary N) is 2. The zero-order valence-electron chi connectivity index (χ0n) is 7.37. The highest BCUT2D eigenvalue weighted by Crippen LogP contribution is 2.12. The fourth-order valence-corrected chi connectivity index (χ4v) is 0.999. The molecule has 0 saturated heterocycles. The van der Waals surface area contributed by atoms with E-state index in [1.165, 1.54) is 0 Å². The Balaban J connectivity index is 2.64. The van der Waals surface area contributed by atoms with E-state index < -0.39 is 6.09 Å². The summed E-state index contributed by atoms with van der Waals surface area (Å²) in [5.74, 6) is 0. The van der Waals surface area contributed by atoms with Gasteiger partial charge in [-0.1, -0.05) is 0 Å². The Morgan fingerprint density at radius 3 is 2.31 bits per heavy atom. The van der Waals surface area contributed by atoms with E-state index in [1.807, 2.05) is 19.1 Å². The minimum absolute atomic E-state index is 0.578. The van der Waals surface area contributed by atoms with Crippen LogP contribution in [0.25, 0.3) is 0 Å². The van der Waals surface area contributed by atoms with Crippen molar-refractivity contribution >= 4 is 17.5 Å². The molecule has 13 heavy (non-hydrogen) atoms. The summed E-state index contributed by atoms with van der Waals surface area (Å²) in [5.41, 5.74) is 1.56. The summed E-state index contributed by atoms with van der Waals surface area (Å²) in [4.78, 5) is 10.3. The molecule has 0 fully saturated rings. The monoisotopic (exact) mass is 180 g/mol. The number of carbonyl (C=O) groups is 1. The van der Waals surface area contributed by atoms with Crippen LogP contribution in [-0.4, -0.2) is 17.7 Å². The number of anilines is 2. The highest BCUT2D eigenvalue weighted by atomic mass is 16.4. The van der Waals surface area contributed by atoms with Gasteiger partial charge in [0.05, 0.1) is 0 Å². The number of hydrogen-bond acceptors (Lipinski definition) is 2. The minimum atomic E-state index is -1.05. The molecule has 0 aliphatic carbocycles. The van der Waals surface area contributed by atoms with E-state index >= 15 is 0 Å². The molecule has 0 spiro atoms. The van der Waals surface area contributed by atoms with Gasteiger partial charge < -0.3 is 10.4 Å². The quantitative estimate of drug-likeness (QED) is 0.668. The van der Waals surface area contributed by atoms with Crippen LogP contribution in [0.3, 0.4) is 0 Å². The molecule has 4 heteroatoms. The molecule has 1 aromatic carbocycles. The second-order valence-electron chi connectivity index (χ2n) is 2.54. The van der Waals surface area contributed by atoms with Gasteiger partial charge in [-0.15, -0.1) is 0 Å². The standard InChI is InChI=1S/C9H12N2O2/c1-2-10-7-3-5-8(6-4-7)11-9(12)13/h3-6,10-11H,2H2,1H3,(H,12,13). The van der Waals surface area contributed by atoms with Gasteiger partial charge in [-0.25, -0.2) is 4.79 Å². The Bertz CT molecular complexity index is 282. The zero-order chi connectivity index (χ0) is 9.68. The molecule has 0 aromatic heterocycles. The van der Waals surface area contributed by atoms with Crippen molar-refractivity contribution in [1.29, 1.82) is 0 Å². The molecule has 4 nitrogen and oxygen atoms in total. The van der Waals surface area contributed by atoms with Gasteiger partial charge in [0.15, 0.2) is 0 Å². The van der Waals surface area contributed by atoms with E-state index in [1.54, 1.807) is 12.1 Å².